The molecule has 5 aliphatic rings. The lowest BCUT2D eigenvalue weighted by Gasteiger charge is -2.62. The molecule has 2 bridgehead atoms. The van der Waals surface area contributed by atoms with E-state index in [9.17, 15) is 13.2 Å². The lowest BCUT2D eigenvalue weighted by Crippen LogP contribution is -2.76. The van der Waals surface area contributed by atoms with E-state index in [1.54, 1.807) is 6.92 Å². The smallest absolute Gasteiger partial charge is 0.341 e. The molecular formula is C18H28F3NO5. The standard InChI is InChI=1S/C18H28F3NO5/c1-10-4-5-13-11(2)17(18(19,20)21,23-9-8-22)25-14-16(13)12(10)6-7-15(3,24-14)26-27-16/h10-14H,4-9,22H2,1-3H3/t10-,11-,12+,13+,14+,15?,16-,17-/m1/s1. The molecule has 2 N–H and O–H groups in total. The summed E-state index contributed by atoms with van der Waals surface area (Å²) in [6.07, 6.45) is -3.28. The molecule has 0 aromatic carbocycles. The maximum absolute atomic E-state index is 14.2. The minimum absolute atomic E-state index is 0.00577. The summed E-state index contributed by atoms with van der Waals surface area (Å²) in [7, 11) is 0. The molecule has 1 unspecified atom stereocenters. The molecule has 1 spiro atoms. The summed E-state index contributed by atoms with van der Waals surface area (Å²) >= 11 is 0. The molecule has 4 aliphatic heterocycles. The molecule has 27 heavy (non-hydrogen) atoms. The van der Waals surface area contributed by atoms with Crippen molar-refractivity contribution in [3.05, 3.63) is 0 Å². The highest BCUT2D eigenvalue weighted by Crippen LogP contribution is 2.64. The van der Waals surface area contributed by atoms with E-state index in [4.69, 9.17) is 29.7 Å². The monoisotopic (exact) mass is 395 g/mol. The molecule has 1 aliphatic carbocycles. The van der Waals surface area contributed by atoms with E-state index in [2.05, 4.69) is 6.92 Å². The third-order valence-electron chi connectivity index (χ3n) is 7.09. The molecule has 9 heteroatoms. The lowest BCUT2D eigenvalue weighted by molar-refractivity contribution is -0.598. The fourth-order valence-electron chi connectivity index (χ4n) is 5.70. The number of alkyl halides is 3. The van der Waals surface area contributed by atoms with E-state index in [-0.39, 0.29) is 25.0 Å². The van der Waals surface area contributed by atoms with Crippen LogP contribution in [-0.2, 0) is 24.0 Å². The molecule has 0 aromatic heterocycles. The van der Waals surface area contributed by atoms with E-state index in [1.165, 1.54) is 6.92 Å². The van der Waals surface area contributed by atoms with Crippen molar-refractivity contribution in [3.63, 3.8) is 0 Å². The van der Waals surface area contributed by atoms with Crippen LogP contribution in [0.4, 0.5) is 13.2 Å². The molecule has 8 atom stereocenters. The minimum atomic E-state index is -4.74. The van der Waals surface area contributed by atoms with E-state index in [0.29, 0.717) is 12.8 Å². The SMILES string of the molecule is C[C@@H]1CC[C@H]2[C@@H](C)[C@](OCCN)(C(F)(F)F)O[C@@H]3OC4(C)CC[C@@H]1[C@]32OO4. The van der Waals surface area contributed by atoms with Crippen molar-refractivity contribution < 1.29 is 37.2 Å². The Kier molecular flexibility index (Phi) is 4.61. The third kappa shape index (κ3) is 2.62. The first kappa shape index (κ1) is 19.8. The van der Waals surface area contributed by atoms with Crippen LogP contribution in [0.2, 0.25) is 0 Å². The second kappa shape index (κ2) is 6.27. The Labute approximate surface area is 156 Å². The maximum Gasteiger partial charge on any atom is 0.443 e. The number of ether oxygens (including phenoxy) is 3. The number of hydrogen-bond acceptors (Lipinski definition) is 6. The van der Waals surface area contributed by atoms with Crippen LogP contribution in [0.25, 0.3) is 0 Å². The van der Waals surface area contributed by atoms with Crippen molar-refractivity contribution in [1.82, 2.24) is 0 Å². The van der Waals surface area contributed by atoms with Gasteiger partial charge in [0, 0.05) is 24.8 Å². The average Bonchev–Trinajstić information content (AvgIpc) is 2.82. The number of fused-ring (bicyclic) bond motifs is 2. The fourth-order valence-corrected chi connectivity index (χ4v) is 5.70. The van der Waals surface area contributed by atoms with Crippen LogP contribution < -0.4 is 5.73 Å². The van der Waals surface area contributed by atoms with Gasteiger partial charge in [0.15, 0.2) is 11.9 Å². The van der Waals surface area contributed by atoms with Gasteiger partial charge in [-0.15, -0.1) is 0 Å². The van der Waals surface area contributed by atoms with Crippen molar-refractivity contribution in [2.45, 2.75) is 76.1 Å². The summed E-state index contributed by atoms with van der Waals surface area (Å²) in [5, 5.41) is 0. The van der Waals surface area contributed by atoms with Gasteiger partial charge in [-0.25, -0.2) is 9.78 Å². The molecule has 5 rings (SSSR count). The minimum Gasteiger partial charge on any atom is -0.341 e. The van der Waals surface area contributed by atoms with Gasteiger partial charge in [0.05, 0.1) is 6.61 Å². The highest BCUT2D eigenvalue weighted by molar-refractivity contribution is 5.12. The van der Waals surface area contributed by atoms with Crippen LogP contribution in [0.1, 0.15) is 46.5 Å². The molecule has 0 aromatic rings. The summed E-state index contributed by atoms with van der Waals surface area (Å²) in [5.41, 5.74) is 4.36. The zero-order chi connectivity index (χ0) is 19.7. The first-order valence-corrected chi connectivity index (χ1v) is 9.73. The van der Waals surface area contributed by atoms with E-state index in [1.807, 2.05) is 0 Å². The Hall–Kier alpha value is -0.450. The molecule has 4 saturated heterocycles. The number of rotatable bonds is 3. The molecule has 1 saturated carbocycles. The van der Waals surface area contributed by atoms with Gasteiger partial charge in [-0.1, -0.05) is 13.8 Å². The molecule has 6 nitrogen and oxygen atoms in total. The predicted molar refractivity (Wildman–Crippen MR) is 86.8 cm³/mol. The van der Waals surface area contributed by atoms with Crippen molar-refractivity contribution in [2.75, 3.05) is 13.2 Å². The molecule has 5 fully saturated rings. The summed E-state index contributed by atoms with van der Waals surface area (Å²) in [6, 6.07) is 0. The zero-order valence-corrected chi connectivity index (χ0v) is 15.9. The van der Waals surface area contributed by atoms with Crippen molar-refractivity contribution >= 4 is 0 Å². The Morgan fingerprint density at radius 1 is 1.07 bits per heavy atom. The fraction of sp³-hybridized carbons (Fsp3) is 1.00. The molecule has 4 heterocycles. The number of hydrogen-bond donors (Lipinski definition) is 1. The highest BCUT2D eigenvalue weighted by Gasteiger charge is 2.77. The Morgan fingerprint density at radius 3 is 2.48 bits per heavy atom. The van der Waals surface area contributed by atoms with Gasteiger partial charge in [0.25, 0.3) is 5.79 Å². The van der Waals surface area contributed by atoms with Crippen LogP contribution in [0.3, 0.4) is 0 Å². The lowest BCUT2D eigenvalue weighted by atomic mass is 9.57. The first-order valence-electron chi connectivity index (χ1n) is 9.73. The Bertz CT molecular complexity index is 592. The number of halogens is 3. The summed E-state index contributed by atoms with van der Waals surface area (Å²) in [5.74, 6) is -5.11. The van der Waals surface area contributed by atoms with Crippen molar-refractivity contribution in [1.29, 1.82) is 0 Å². The van der Waals surface area contributed by atoms with Crippen LogP contribution in [0.15, 0.2) is 0 Å². The molecular weight excluding hydrogens is 367 g/mol. The van der Waals surface area contributed by atoms with Gasteiger partial charge in [0.1, 0.15) is 0 Å². The second-order valence-corrected chi connectivity index (χ2v) is 8.62. The van der Waals surface area contributed by atoms with Crippen LogP contribution in [-0.4, -0.2) is 42.8 Å². The van der Waals surface area contributed by atoms with Crippen molar-refractivity contribution in [2.24, 2.45) is 29.4 Å². The summed E-state index contributed by atoms with van der Waals surface area (Å²) < 4.78 is 59.7. The van der Waals surface area contributed by atoms with E-state index < -0.39 is 41.5 Å². The zero-order valence-electron chi connectivity index (χ0n) is 15.9. The first-order chi connectivity index (χ1) is 12.6. The van der Waals surface area contributed by atoms with Gasteiger partial charge in [-0.2, -0.15) is 13.2 Å². The highest BCUT2D eigenvalue weighted by atomic mass is 19.4. The Balaban J connectivity index is 1.82. The van der Waals surface area contributed by atoms with Gasteiger partial charge >= 0.3 is 6.18 Å². The Morgan fingerprint density at radius 2 is 1.81 bits per heavy atom. The topological polar surface area (TPSA) is 72.2 Å². The molecule has 0 radical (unpaired) electrons. The van der Waals surface area contributed by atoms with Crippen LogP contribution in [0.5, 0.6) is 0 Å². The van der Waals surface area contributed by atoms with Crippen LogP contribution in [0, 0.1) is 23.7 Å². The molecule has 0 amide bonds. The van der Waals surface area contributed by atoms with Crippen LogP contribution >= 0.6 is 0 Å². The average molecular weight is 395 g/mol. The summed E-state index contributed by atoms with van der Waals surface area (Å²) in [4.78, 5) is 11.5. The maximum atomic E-state index is 14.2. The number of nitrogens with two attached hydrogens (primary N) is 1. The largest absolute Gasteiger partial charge is 0.443 e. The van der Waals surface area contributed by atoms with Gasteiger partial charge in [0.2, 0.25) is 5.79 Å². The quantitative estimate of drug-likeness (QED) is 0.741. The van der Waals surface area contributed by atoms with Crippen molar-refractivity contribution in [3.8, 4) is 0 Å². The second-order valence-electron chi connectivity index (χ2n) is 8.62. The van der Waals surface area contributed by atoms with Gasteiger partial charge in [-0.05, 0) is 38.0 Å². The summed E-state index contributed by atoms with van der Waals surface area (Å²) in [6.45, 7) is 5.01. The normalized spacial score (nSPS) is 52.3. The van der Waals surface area contributed by atoms with E-state index in [0.717, 1.165) is 12.8 Å². The van der Waals surface area contributed by atoms with E-state index >= 15 is 0 Å². The third-order valence-corrected chi connectivity index (χ3v) is 7.09. The van der Waals surface area contributed by atoms with Gasteiger partial charge in [-0.3, -0.25) is 0 Å². The van der Waals surface area contributed by atoms with Gasteiger partial charge < -0.3 is 19.9 Å². The molecule has 156 valence electrons. The predicted octanol–water partition coefficient (Wildman–Crippen LogP) is 3.10.